The molecule has 0 fully saturated rings. The second-order valence-corrected chi connectivity index (χ2v) is 4.79. The monoisotopic (exact) mass is 307 g/mol. The molecule has 1 aromatic heterocycles. The van der Waals surface area contributed by atoms with Gasteiger partial charge in [0.15, 0.2) is 5.11 Å². The van der Waals surface area contributed by atoms with Crippen LogP contribution in [-0.4, -0.2) is 17.9 Å². The van der Waals surface area contributed by atoms with E-state index in [1.807, 2.05) is 43.3 Å². The summed E-state index contributed by atoms with van der Waals surface area (Å²) in [7, 11) is 0. The molecule has 2 rings (SSSR count). The van der Waals surface area contributed by atoms with Gasteiger partial charge in [0.1, 0.15) is 11.5 Å². The first kappa shape index (κ1) is 14.6. The van der Waals surface area contributed by atoms with Crippen molar-refractivity contribution in [2.24, 2.45) is 5.10 Å². The minimum absolute atomic E-state index is 0.477. The predicted molar refractivity (Wildman–Crippen MR) is 86.2 cm³/mol. The van der Waals surface area contributed by atoms with E-state index in [1.54, 1.807) is 6.21 Å². The van der Waals surface area contributed by atoms with Crippen LogP contribution in [0.5, 0.6) is 0 Å². The largest absolute Gasteiger partial charge is 0.455 e. The van der Waals surface area contributed by atoms with Crippen LogP contribution in [-0.2, 0) is 0 Å². The van der Waals surface area contributed by atoms with Crippen molar-refractivity contribution in [2.75, 3.05) is 6.54 Å². The highest BCUT2D eigenvalue weighted by Crippen LogP contribution is 2.24. The lowest BCUT2D eigenvalue weighted by molar-refractivity contribution is 0.574. The molecule has 0 aliphatic carbocycles. The third kappa shape index (κ3) is 4.08. The molecule has 1 aromatic carbocycles. The first-order valence-electron chi connectivity index (χ1n) is 6.11. The fourth-order valence-electron chi connectivity index (χ4n) is 1.57. The number of nitrogens with zero attached hydrogens (tertiary/aromatic N) is 1. The normalized spacial score (nSPS) is 10.7. The van der Waals surface area contributed by atoms with Crippen molar-refractivity contribution >= 4 is 35.1 Å². The Hall–Kier alpha value is -1.85. The summed E-state index contributed by atoms with van der Waals surface area (Å²) in [6.07, 6.45) is 1.57. The van der Waals surface area contributed by atoms with Crippen LogP contribution in [0, 0.1) is 0 Å². The van der Waals surface area contributed by atoms with Crippen molar-refractivity contribution < 1.29 is 4.42 Å². The van der Waals surface area contributed by atoms with Crippen molar-refractivity contribution in [3.63, 3.8) is 0 Å². The van der Waals surface area contributed by atoms with Gasteiger partial charge in [-0.1, -0.05) is 23.7 Å². The molecule has 0 saturated carbocycles. The smallest absolute Gasteiger partial charge is 0.186 e. The van der Waals surface area contributed by atoms with Crippen LogP contribution in [0.4, 0.5) is 0 Å². The first-order chi connectivity index (χ1) is 9.69. The molecule has 0 aliphatic rings. The minimum Gasteiger partial charge on any atom is -0.455 e. The average Bonchev–Trinajstić information content (AvgIpc) is 2.88. The number of thiocarbonyl (C=S) groups is 1. The van der Waals surface area contributed by atoms with Gasteiger partial charge >= 0.3 is 0 Å². The third-order valence-electron chi connectivity index (χ3n) is 2.43. The number of nitrogens with one attached hydrogen (secondary N) is 2. The Bertz CT molecular complexity index is 624. The Kier molecular flexibility index (Phi) is 5.15. The maximum Gasteiger partial charge on any atom is 0.186 e. The van der Waals surface area contributed by atoms with Crippen LogP contribution in [0.2, 0.25) is 5.02 Å². The topological polar surface area (TPSA) is 49.6 Å². The number of hydrogen-bond acceptors (Lipinski definition) is 3. The molecule has 0 aliphatic heterocycles. The van der Waals surface area contributed by atoms with E-state index in [2.05, 4.69) is 15.8 Å². The van der Waals surface area contributed by atoms with Gasteiger partial charge in [0.05, 0.1) is 6.21 Å². The van der Waals surface area contributed by atoms with Gasteiger partial charge in [-0.05, 0) is 43.4 Å². The summed E-state index contributed by atoms with van der Waals surface area (Å²) in [4.78, 5) is 0. The summed E-state index contributed by atoms with van der Waals surface area (Å²) in [5.41, 5.74) is 3.62. The van der Waals surface area contributed by atoms with Crippen molar-refractivity contribution in [1.29, 1.82) is 0 Å². The molecular formula is C14H14ClN3OS. The first-order valence-corrected chi connectivity index (χ1v) is 6.90. The Balaban J connectivity index is 2.02. The highest BCUT2D eigenvalue weighted by Gasteiger charge is 2.03. The molecule has 0 saturated heterocycles. The molecule has 1 heterocycles. The fraction of sp³-hybridized carbons (Fsp3) is 0.143. The lowest BCUT2D eigenvalue weighted by Gasteiger charge is -2.01. The van der Waals surface area contributed by atoms with E-state index >= 15 is 0 Å². The quantitative estimate of drug-likeness (QED) is 0.516. The average molecular weight is 308 g/mol. The van der Waals surface area contributed by atoms with Crippen LogP contribution in [0.3, 0.4) is 0 Å². The second kappa shape index (κ2) is 7.07. The molecular weight excluding hydrogens is 294 g/mol. The zero-order valence-corrected chi connectivity index (χ0v) is 12.5. The second-order valence-electron chi connectivity index (χ2n) is 3.94. The molecule has 0 atom stereocenters. The summed E-state index contributed by atoms with van der Waals surface area (Å²) in [5.74, 6) is 1.37. The zero-order chi connectivity index (χ0) is 14.4. The Morgan fingerprint density at radius 2 is 2.25 bits per heavy atom. The molecule has 104 valence electrons. The number of halogens is 1. The van der Waals surface area contributed by atoms with Gasteiger partial charge in [-0.15, -0.1) is 0 Å². The minimum atomic E-state index is 0.477. The standard InChI is InChI=1S/C14H14ClN3OS/c1-2-16-14(20)18-17-9-12-6-7-13(19-12)10-4-3-5-11(15)8-10/h3-9H,2H2,1H3,(H2,16,18,20)/b17-9-. The van der Waals surface area contributed by atoms with Crippen LogP contribution in [0.1, 0.15) is 12.7 Å². The maximum absolute atomic E-state index is 5.95. The van der Waals surface area contributed by atoms with Crippen molar-refractivity contribution in [3.8, 4) is 11.3 Å². The van der Waals surface area contributed by atoms with E-state index in [1.165, 1.54) is 0 Å². The van der Waals surface area contributed by atoms with E-state index < -0.39 is 0 Å². The molecule has 0 bridgehead atoms. The van der Waals surface area contributed by atoms with Gasteiger partial charge in [-0.25, -0.2) is 0 Å². The summed E-state index contributed by atoms with van der Waals surface area (Å²) in [6, 6.07) is 11.2. The van der Waals surface area contributed by atoms with Gasteiger partial charge in [0.2, 0.25) is 0 Å². The number of hydrazone groups is 1. The SMILES string of the molecule is CCNC(=S)N/N=C\c1ccc(-c2cccc(Cl)c2)o1. The maximum atomic E-state index is 5.95. The third-order valence-corrected chi connectivity index (χ3v) is 2.90. The Labute approximate surface area is 127 Å². The van der Waals surface area contributed by atoms with E-state index in [-0.39, 0.29) is 0 Å². The van der Waals surface area contributed by atoms with Crippen LogP contribution >= 0.6 is 23.8 Å². The fourth-order valence-corrected chi connectivity index (χ4v) is 1.96. The highest BCUT2D eigenvalue weighted by atomic mass is 35.5. The molecule has 4 nitrogen and oxygen atoms in total. The van der Waals surface area contributed by atoms with Crippen LogP contribution < -0.4 is 10.7 Å². The van der Waals surface area contributed by atoms with E-state index in [9.17, 15) is 0 Å². The van der Waals surface area contributed by atoms with Crippen molar-refractivity contribution in [3.05, 3.63) is 47.2 Å². The Morgan fingerprint density at radius 3 is 3.00 bits per heavy atom. The molecule has 0 amide bonds. The lowest BCUT2D eigenvalue weighted by atomic mass is 10.2. The summed E-state index contributed by atoms with van der Waals surface area (Å²) in [6.45, 7) is 2.71. The molecule has 2 aromatic rings. The van der Waals surface area contributed by atoms with Gasteiger partial charge in [-0.3, -0.25) is 5.43 Å². The summed E-state index contributed by atoms with van der Waals surface area (Å²) in [5, 5.41) is 8.07. The van der Waals surface area contributed by atoms with Gasteiger partial charge in [0, 0.05) is 17.1 Å². The van der Waals surface area contributed by atoms with Crippen LogP contribution in [0.25, 0.3) is 11.3 Å². The molecule has 0 radical (unpaired) electrons. The molecule has 0 spiro atoms. The predicted octanol–water partition coefficient (Wildman–Crippen LogP) is 3.42. The number of furan rings is 1. The van der Waals surface area contributed by atoms with Gasteiger partial charge < -0.3 is 9.73 Å². The van der Waals surface area contributed by atoms with Crippen molar-refractivity contribution in [2.45, 2.75) is 6.92 Å². The van der Waals surface area contributed by atoms with E-state index in [4.69, 9.17) is 28.2 Å². The zero-order valence-electron chi connectivity index (χ0n) is 10.9. The van der Waals surface area contributed by atoms with Crippen molar-refractivity contribution in [1.82, 2.24) is 10.7 Å². The molecule has 6 heteroatoms. The molecule has 2 N–H and O–H groups in total. The number of hydrogen-bond donors (Lipinski definition) is 2. The van der Waals surface area contributed by atoms with Gasteiger partial charge in [-0.2, -0.15) is 5.10 Å². The Morgan fingerprint density at radius 1 is 1.40 bits per heavy atom. The van der Waals surface area contributed by atoms with E-state index in [0.717, 1.165) is 17.9 Å². The summed E-state index contributed by atoms with van der Waals surface area (Å²) < 4.78 is 5.65. The number of rotatable bonds is 4. The summed E-state index contributed by atoms with van der Waals surface area (Å²) >= 11 is 10.9. The lowest BCUT2D eigenvalue weighted by Crippen LogP contribution is -2.31. The van der Waals surface area contributed by atoms with Gasteiger partial charge in [0.25, 0.3) is 0 Å². The number of benzene rings is 1. The molecule has 0 unspecified atom stereocenters. The molecule has 20 heavy (non-hydrogen) atoms. The van der Waals surface area contributed by atoms with Crippen LogP contribution in [0.15, 0.2) is 45.9 Å². The van der Waals surface area contributed by atoms with E-state index in [0.29, 0.717) is 15.9 Å². The highest BCUT2D eigenvalue weighted by molar-refractivity contribution is 7.80.